The van der Waals surface area contributed by atoms with E-state index < -0.39 is 0 Å². The van der Waals surface area contributed by atoms with Gasteiger partial charge in [-0.1, -0.05) is 0 Å². The Hall–Kier alpha value is -1.40. The molecule has 1 amide bonds. The summed E-state index contributed by atoms with van der Waals surface area (Å²) in [6.45, 7) is 3.82. The number of alkyl halides is 1. The Balaban J connectivity index is 1.95. The fraction of sp³-hybridized carbons (Fsp3) is 0.545. The third kappa shape index (κ3) is 3.08. The van der Waals surface area contributed by atoms with Crippen LogP contribution in [0, 0.1) is 0 Å². The number of carbonyl (C=O) groups excluding carboxylic acids is 1. The second kappa shape index (κ2) is 5.97. The van der Waals surface area contributed by atoms with Gasteiger partial charge in [-0.15, -0.1) is 11.6 Å². The lowest BCUT2D eigenvalue weighted by atomic mass is 10.2. The minimum absolute atomic E-state index is 0.142. The largest absolute Gasteiger partial charge is 0.335 e. The highest BCUT2D eigenvalue weighted by Crippen LogP contribution is 2.05. The quantitative estimate of drug-likeness (QED) is 0.770. The number of nitrogens with zero attached hydrogens (tertiary/aromatic N) is 3. The van der Waals surface area contributed by atoms with E-state index in [9.17, 15) is 9.59 Å². The number of hydrogen-bond acceptors (Lipinski definition) is 4. The van der Waals surface area contributed by atoms with Crippen molar-refractivity contribution in [1.82, 2.24) is 20.0 Å². The molecule has 98 valence electrons. The number of halogens is 1. The van der Waals surface area contributed by atoms with Gasteiger partial charge in [0.1, 0.15) is 5.69 Å². The van der Waals surface area contributed by atoms with Gasteiger partial charge in [0.05, 0.1) is 0 Å². The summed E-state index contributed by atoms with van der Waals surface area (Å²) in [6.07, 6.45) is 0. The molecule has 0 unspecified atom stereocenters. The number of rotatable bonds is 3. The van der Waals surface area contributed by atoms with Crippen LogP contribution in [0.2, 0.25) is 0 Å². The average molecular weight is 271 g/mol. The van der Waals surface area contributed by atoms with Gasteiger partial charge in [-0.2, -0.15) is 5.10 Å². The van der Waals surface area contributed by atoms with Crippen LogP contribution in [0.15, 0.2) is 16.9 Å². The van der Waals surface area contributed by atoms with Crippen LogP contribution in [0.25, 0.3) is 0 Å². The SMILES string of the molecule is O=C(c1ccc(=O)[nH]n1)N1CCN(CCCl)CC1. The fourth-order valence-electron chi connectivity index (χ4n) is 1.92. The van der Waals surface area contributed by atoms with E-state index in [0.29, 0.717) is 19.0 Å². The average Bonchev–Trinajstić information content (AvgIpc) is 2.40. The standard InChI is InChI=1S/C11H15ClN4O2/c12-3-4-15-5-7-16(8-6-15)11(18)9-1-2-10(17)14-13-9/h1-2H,3-8H2,(H,14,17). The highest BCUT2D eigenvalue weighted by Gasteiger charge is 2.22. The van der Waals surface area contributed by atoms with E-state index in [0.717, 1.165) is 19.6 Å². The lowest BCUT2D eigenvalue weighted by Crippen LogP contribution is -2.49. The maximum Gasteiger partial charge on any atom is 0.274 e. The van der Waals surface area contributed by atoms with Crippen LogP contribution in [-0.2, 0) is 0 Å². The van der Waals surface area contributed by atoms with E-state index in [1.165, 1.54) is 12.1 Å². The highest BCUT2D eigenvalue weighted by atomic mass is 35.5. The van der Waals surface area contributed by atoms with Crippen molar-refractivity contribution in [1.29, 1.82) is 0 Å². The minimum Gasteiger partial charge on any atom is -0.335 e. The molecular weight excluding hydrogens is 256 g/mol. The topological polar surface area (TPSA) is 69.3 Å². The first-order chi connectivity index (χ1) is 8.70. The summed E-state index contributed by atoms with van der Waals surface area (Å²) in [5, 5.41) is 6.01. The normalized spacial score (nSPS) is 16.8. The Kier molecular flexibility index (Phi) is 4.33. The van der Waals surface area contributed by atoms with Crippen molar-refractivity contribution >= 4 is 17.5 Å². The number of piperazine rings is 1. The van der Waals surface area contributed by atoms with Gasteiger partial charge in [0.15, 0.2) is 0 Å². The first-order valence-corrected chi connectivity index (χ1v) is 6.37. The number of aromatic nitrogens is 2. The maximum absolute atomic E-state index is 12.1. The molecule has 2 heterocycles. The minimum atomic E-state index is -0.307. The van der Waals surface area contributed by atoms with Gasteiger partial charge in [0.2, 0.25) is 0 Å². The van der Waals surface area contributed by atoms with Gasteiger partial charge < -0.3 is 4.90 Å². The van der Waals surface area contributed by atoms with Gasteiger partial charge in [-0.3, -0.25) is 14.5 Å². The van der Waals surface area contributed by atoms with Crippen molar-refractivity contribution in [3.8, 4) is 0 Å². The van der Waals surface area contributed by atoms with Crippen LogP contribution in [0.4, 0.5) is 0 Å². The van der Waals surface area contributed by atoms with Crippen molar-refractivity contribution in [2.45, 2.75) is 0 Å². The van der Waals surface area contributed by atoms with Crippen molar-refractivity contribution in [2.75, 3.05) is 38.6 Å². The molecule has 1 aliphatic rings. The van der Waals surface area contributed by atoms with Crippen molar-refractivity contribution in [3.63, 3.8) is 0 Å². The van der Waals surface area contributed by atoms with Crippen molar-refractivity contribution in [2.24, 2.45) is 0 Å². The zero-order valence-corrected chi connectivity index (χ0v) is 10.7. The predicted octanol–water partition coefficient (Wildman–Crippen LogP) is -0.234. The molecule has 0 aliphatic carbocycles. The second-order valence-electron chi connectivity index (χ2n) is 4.13. The molecule has 1 aromatic heterocycles. The summed E-state index contributed by atoms with van der Waals surface area (Å²) in [7, 11) is 0. The Morgan fingerprint density at radius 1 is 1.33 bits per heavy atom. The van der Waals surface area contributed by atoms with Gasteiger partial charge in [0.25, 0.3) is 11.5 Å². The summed E-state index contributed by atoms with van der Waals surface area (Å²) < 4.78 is 0. The predicted molar refractivity (Wildman–Crippen MR) is 67.9 cm³/mol. The smallest absolute Gasteiger partial charge is 0.274 e. The summed E-state index contributed by atoms with van der Waals surface area (Å²) in [5.41, 5.74) is -0.0288. The molecule has 1 aromatic rings. The lowest BCUT2D eigenvalue weighted by molar-refractivity contribution is 0.0637. The Labute approximate surface area is 110 Å². The van der Waals surface area contributed by atoms with E-state index in [1.807, 2.05) is 0 Å². The molecule has 0 radical (unpaired) electrons. The zero-order chi connectivity index (χ0) is 13.0. The Morgan fingerprint density at radius 2 is 2.06 bits per heavy atom. The third-order valence-electron chi connectivity index (χ3n) is 2.96. The molecule has 0 bridgehead atoms. The molecule has 1 N–H and O–H groups in total. The van der Waals surface area contributed by atoms with Gasteiger partial charge in [-0.25, -0.2) is 5.10 Å². The molecule has 7 heteroatoms. The van der Waals surface area contributed by atoms with Crippen molar-refractivity contribution in [3.05, 3.63) is 28.2 Å². The lowest BCUT2D eigenvalue weighted by Gasteiger charge is -2.34. The van der Waals surface area contributed by atoms with E-state index in [2.05, 4.69) is 15.1 Å². The number of carbonyl (C=O) groups is 1. The summed E-state index contributed by atoms with van der Waals surface area (Å²) in [5.74, 6) is 0.465. The van der Waals surface area contributed by atoms with Crippen LogP contribution in [0.5, 0.6) is 0 Å². The fourth-order valence-corrected chi connectivity index (χ4v) is 2.16. The second-order valence-corrected chi connectivity index (χ2v) is 4.51. The van der Waals surface area contributed by atoms with Crippen LogP contribution < -0.4 is 5.56 Å². The number of amides is 1. The Morgan fingerprint density at radius 3 is 2.61 bits per heavy atom. The van der Waals surface area contributed by atoms with Crippen molar-refractivity contribution < 1.29 is 4.79 Å². The summed E-state index contributed by atoms with van der Waals surface area (Å²) >= 11 is 5.68. The number of aromatic amines is 1. The number of H-pyrrole nitrogens is 1. The zero-order valence-electron chi connectivity index (χ0n) is 9.93. The van der Waals surface area contributed by atoms with Gasteiger partial charge in [0, 0.05) is 44.7 Å². The first-order valence-electron chi connectivity index (χ1n) is 5.84. The van der Waals surface area contributed by atoms with Crippen LogP contribution in [-0.4, -0.2) is 64.5 Å². The molecule has 0 aromatic carbocycles. The molecule has 0 spiro atoms. The molecule has 1 aliphatic heterocycles. The third-order valence-corrected chi connectivity index (χ3v) is 3.13. The molecule has 6 nitrogen and oxygen atoms in total. The molecule has 18 heavy (non-hydrogen) atoms. The van der Waals surface area contributed by atoms with Gasteiger partial charge >= 0.3 is 0 Å². The van der Waals surface area contributed by atoms with E-state index in [4.69, 9.17) is 11.6 Å². The van der Waals surface area contributed by atoms with Crippen LogP contribution >= 0.6 is 11.6 Å². The van der Waals surface area contributed by atoms with E-state index in [1.54, 1.807) is 4.90 Å². The first kappa shape index (κ1) is 13.0. The Bertz CT molecular complexity index is 448. The maximum atomic E-state index is 12.1. The number of hydrogen-bond donors (Lipinski definition) is 1. The monoisotopic (exact) mass is 270 g/mol. The van der Waals surface area contributed by atoms with Gasteiger partial charge in [-0.05, 0) is 6.07 Å². The highest BCUT2D eigenvalue weighted by molar-refractivity contribution is 6.18. The molecule has 2 rings (SSSR count). The summed E-state index contributed by atoms with van der Waals surface area (Å²) in [4.78, 5) is 26.9. The molecule has 0 atom stereocenters. The number of nitrogens with one attached hydrogen (secondary N) is 1. The van der Waals surface area contributed by atoms with Crippen LogP contribution in [0.1, 0.15) is 10.5 Å². The molecule has 1 saturated heterocycles. The van der Waals surface area contributed by atoms with E-state index in [-0.39, 0.29) is 17.2 Å². The molecular formula is C11H15ClN4O2. The molecule has 1 fully saturated rings. The van der Waals surface area contributed by atoms with E-state index >= 15 is 0 Å². The molecule has 0 saturated carbocycles. The van der Waals surface area contributed by atoms with Crippen LogP contribution in [0.3, 0.4) is 0 Å². The summed E-state index contributed by atoms with van der Waals surface area (Å²) in [6, 6.07) is 2.76.